The lowest BCUT2D eigenvalue weighted by molar-refractivity contribution is 0.0788. The monoisotopic (exact) mass is 449 g/mol. The van der Waals surface area contributed by atoms with E-state index >= 15 is 0 Å². The van der Waals surface area contributed by atoms with Crippen LogP contribution in [0.4, 0.5) is 0 Å². The van der Waals surface area contributed by atoms with Gasteiger partial charge in [0.1, 0.15) is 0 Å². The summed E-state index contributed by atoms with van der Waals surface area (Å²) in [4.78, 5) is 2.10. The van der Waals surface area contributed by atoms with Gasteiger partial charge in [0, 0.05) is 20.8 Å². The molecule has 1 saturated heterocycles. The van der Waals surface area contributed by atoms with Crippen molar-refractivity contribution in [1.82, 2.24) is 14.7 Å². The van der Waals surface area contributed by atoms with E-state index in [9.17, 15) is 8.42 Å². The van der Waals surface area contributed by atoms with E-state index in [0.717, 1.165) is 29.1 Å². The van der Waals surface area contributed by atoms with Crippen LogP contribution in [0.1, 0.15) is 46.2 Å². The summed E-state index contributed by atoms with van der Waals surface area (Å²) < 4.78 is 40.2. The predicted octanol–water partition coefficient (Wildman–Crippen LogP) is 3.04. The molecule has 0 aliphatic carbocycles. The van der Waals surface area contributed by atoms with E-state index in [1.54, 1.807) is 18.9 Å². The van der Waals surface area contributed by atoms with Crippen LogP contribution in [-0.4, -0.2) is 62.8 Å². The highest BCUT2D eigenvalue weighted by atomic mass is 32.2. The van der Waals surface area contributed by atoms with E-state index in [-0.39, 0.29) is 6.10 Å². The van der Waals surface area contributed by atoms with Crippen LogP contribution in [-0.2, 0) is 39.0 Å². The Hall–Kier alpha value is -1.74. The van der Waals surface area contributed by atoms with E-state index in [0.29, 0.717) is 26.0 Å². The van der Waals surface area contributed by atoms with Crippen molar-refractivity contribution in [3.63, 3.8) is 0 Å². The number of aryl methyl sites for hydroxylation is 2. The van der Waals surface area contributed by atoms with Gasteiger partial charge in [-0.2, -0.15) is 5.10 Å². The summed E-state index contributed by atoms with van der Waals surface area (Å²) in [5.41, 5.74) is 4.91. The molecule has 0 spiro atoms. The molecule has 0 N–H and O–H groups in total. The van der Waals surface area contributed by atoms with Gasteiger partial charge >= 0.3 is 0 Å². The second-order valence-corrected chi connectivity index (χ2v) is 11.3. The van der Waals surface area contributed by atoms with E-state index < -0.39 is 20.3 Å². The third-order valence-electron chi connectivity index (χ3n) is 6.08. The van der Waals surface area contributed by atoms with Crippen LogP contribution < -0.4 is 0 Å². The molecule has 8 heteroatoms. The highest BCUT2D eigenvalue weighted by molar-refractivity contribution is 7.92. The Labute approximate surface area is 186 Å². The Balaban J connectivity index is 1.96. The van der Waals surface area contributed by atoms with Crippen LogP contribution in [0.25, 0.3) is 0 Å². The average molecular weight is 450 g/mol. The summed E-state index contributed by atoms with van der Waals surface area (Å²) in [5, 5.41) is 3.37. The van der Waals surface area contributed by atoms with Crippen LogP contribution in [0, 0.1) is 13.8 Å². The maximum absolute atomic E-state index is 13.7. The molecule has 7 nitrogen and oxygen atoms in total. The minimum absolute atomic E-state index is 0.111. The third-order valence-corrected chi connectivity index (χ3v) is 8.61. The molecule has 2 aromatic rings. The first kappa shape index (κ1) is 23.9. The van der Waals surface area contributed by atoms with Gasteiger partial charge in [0.2, 0.25) is 0 Å². The van der Waals surface area contributed by atoms with Gasteiger partial charge in [-0.05, 0) is 63.5 Å². The molecular weight excluding hydrogens is 414 g/mol. The highest BCUT2D eigenvalue weighted by Crippen LogP contribution is 2.39. The molecule has 1 aromatic heterocycles. The molecule has 0 amide bonds. The van der Waals surface area contributed by atoms with Crippen molar-refractivity contribution in [3.05, 3.63) is 52.3 Å². The summed E-state index contributed by atoms with van der Waals surface area (Å²) in [6.07, 6.45) is 0.833. The number of hydrogen-bond acceptors (Lipinski definition) is 6. The zero-order valence-electron chi connectivity index (χ0n) is 19.5. The number of benzene rings is 1. The molecule has 2 heterocycles. The normalized spacial score (nSPS) is 23.4. The van der Waals surface area contributed by atoms with Gasteiger partial charge < -0.3 is 14.4 Å². The zero-order valence-corrected chi connectivity index (χ0v) is 20.3. The summed E-state index contributed by atoms with van der Waals surface area (Å²) in [6, 6.07) is 7.99. The molecule has 3 unspecified atom stereocenters. The quantitative estimate of drug-likeness (QED) is 0.617. The van der Waals surface area contributed by atoms with Gasteiger partial charge in [-0.15, -0.1) is 0 Å². The average Bonchev–Trinajstić information content (AvgIpc) is 3.04. The van der Waals surface area contributed by atoms with E-state index in [2.05, 4.69) is 23.0 Å². The predicted molar refractivity (Wildman–Crippen MR) is 122 cm³/mol. The van der Waals surface area contributed by atoms with Gasteiger partial charge in [0.15, 0.2) is 9.84 Å². The molecule has 1 fully saturated rings. The van der Waals surface area contributed by atoms with Crippen LogP contribution in [0.3, 0.4) is 0 Å². The maximum Gasteiger partial charge on any atom is 0.162 e. The molecule has 31 heavy (non-hydrogen) atoms. The molecule has 0 saturated carbocycles. The highest BCUT2D eigenvalue weighted by Gasteiger charge is 2.43. The van der Waals surface area contributed by atoms with E-state index in [1.807, 2.05) is 39.2 Å². The molecule has 172 valence electrons. The van der Waals surface area contributed by atoms with Crippen molar-refractivity contribution in [2.75, 3.05) is 28.3 Å². The molecule has 0 radical (unpaired) electrons. The van der Waals surface area contributed by atoms with Gasteiger partial charge in [0.25, 0.3) is 0 Å². The fraction of sp³-hybridized carbons (Fsp3) is 0.609. The number of sulfone groups is 1. The number of aromatic nitrogens is 2. The zero-order chi connectivity index (χ0) is 22.8. The Morgan fingerprint density at radius 3 is 2.55 bits per heavy atom. The van der Waals surface area contributed by atoms with Gasteiger partial charge in [-0.3, -0.25) is 4.68 Å². The largest absolute Gasteiger partial charge is 0.381 e. The van der Waals surface area contributed by atoms with Crippen LogP contribution >= 0.6 is 0 Å². The lowest BCUT2D eigenvalue weighted by Gasteiger charge is -2.35. The molecule has 1 aliphatic heterocycles. The maximum atomic E-state index is 13.7. The van der Waals surface area contributed by atoms with Crippen molar-refractivity contribution in [1.29, 1.82) is 0 Å². The molecule has 1 aromatic carbocycles. The summed E-state index contributed by atoms with van der Waals surface area (Å²) in [7, 11) is 3.89. The van der Waals surface area contributed by atoms with Crippen molar-refractivity contribution >= 4 is 9.84 Å². The Morgan fingerprint density at radius 1 is 1.16 bits per heavy atom. The molecular formula is C23H35N3O4S. The van der Waals surface area contributed by atoms with Crippen LogP contribution in [0.15, 0.2) is 24.3 Å². The summed E-state index contributed by atoms with van der Waals surface area (Å²) >= 11 is 0. The standard InChI is InChI=1S/C23H35N3O4S/c1-16-7-8-18(10-19(16)13-25(3)4)23-12-21(30-6)11-22(31(23,27)28)14-26-20(15-29-5)9-17(2)24-26/h7-10,21-23H,11-15H2,1-6H3. The number of methoxy groups -OCH3 is 2. The third kappa shape index (κ3) is 5.37. The molecule has 0 bridgehead atoms. The van der Waals surface area contributed by atoms with Gasteiger partial charge in [-0.25, -0.2) is 8.42 Å². The SMILES string of the molecule is COCc1cc(C)nn1CC1CC(OC)CC(c2ccc(C)c(CN(C)C)c2)S1(=O)=O. The van der Waals surface area contributed by atoms with Gasteiger partial charge in [0.05, 0.1) is 41.1 Å². The Kier molecular flexibility index (Phi) is 7.57. The summed E-state index contributed by atoms with van der Waals surface area (Å²) in [5.74, 6) is 0. The lowest BCUT2D eigenvalue weighted by Crippen LogP contribution is -2.41. The summed E-state index contributed by atoms with van der Waals surface area (Å²) in [6.45, 7) is 5.45. The number of rotatable bonds is 8. The number of hydrogen-bond donors (Lipinski definition) is 0. The molecule has 3 rings (SSSR count). The van der Waals surface area contributed by atoms with Crippen molar-refractivity contribution in [2.24, 2.45) is 0 Å². The lowest BCUT2D eigenvalue weighted by atomic mass is 9.98. The van der Waals surface area contributed by atoms with Crippen molar-refractivity contribution in [3.8, 4) is 0 Å². The van der Waals surface area contributed by atoms with Gasteiger partial charge in [-0.1, -0.05) is 18.2 Å². The van der Waals surface area contributed by atoms with E-state index in [4.69, 9.17) is 9.47 Å². The van der Waals surface area contributed by atoms with Crippen molar-refractivity contribution in [2.45, 2.75) is 63.0 Å². The fourth-order valence-electron chi connectivity index (χ4n) is 4.44. The minimum atomic E-state index is -3.43. The second kappa shape index (κ2) is 9.81. The van der Waals surface area contributed by atoms with Crippen LogP contribution in [0.5, 0.6) is 0 Å². The number of ether oxygens (including phenoxy) is 2. The first-order valence-electron chi connectivity index (χ1n) is 10.7. The first-order chi connectivity index (χ1) is 14.6. The van der Waals surface area contributed by atoms with E-state index in [1.165, 1.54) is 5.56 Å². The number of nitrogens with zero attached hydrogens (tertiary/aromatic N) is 3. The first-order valence-corrected chi connectivity index (χ1v) is 12.3. The smallest absolute Gasteiger partial charge is 0.162 e. The van der Waals surface area contributed by atoms with Crippen molar-refractivity contribution < 1.29 is 17.9 Å². The fourth-order valence-corrected chi connectivity index (χ4v) is 6.75. The topological polar surface area (TPSA) is 73.7 Å². The minimum Gasteiger partial charge on any atom is -0.381 e. The molecule has 3 atom stereocenters. The Bertz CT molecular complexity index is 1000. The Morgan fingerprint density at radius 2 is 1.90 bits per heavy atom. The van der Waals surface area contributed by atoms with Crippen LogP contribution in [0.2, 0.25) is 0 Å². The molecule has 1 aliphatic rings. The second-order valence-electron chi connectivity index (χ2n) is 8.84.